The van der Waals surface area contributed by atoms with Gasteiger partial charge in [-0.1, -0.05) is 34.8 Å². The fourth-order valence-corrected chi connectivity index (χ4v) is 1.20. The molecular weight excluding hydrogens is 290 g/mol. The molecule has 1 aromatic rings. The molecule has 1 aromatic carbocycles. The lowest BCUT2D eigenvalue weighted by Gasteiger charge is -2.07. The summed E-state index contributed by atoms with van der Waals surface area (Å²) in [5.74, 6) is -2.03. The summed E-state index contributed by atoms with van der Waals surface area (Å²) in [4.78, 5) is 11.3. The molecule has 92 valence electrons. The van der Waals surface area contributed by atoms with E-state index in [-0.39, 0.29) is 17.1 Å². The van der Waals surface area contributed by atoms with Crippen LogP contribution >= 0.6 is 34.8 Å². The quantitative estimate of drug-likeness (QED) is 0.445. The van der Waals surface area contributed by atoms with Gasteiger partial charge in [0.15, 0.2) is 0 Å². The van der Waals surface area contributed by atoms with Crippen molar-refractivity contribution < 1.29 is 20.1 Å². The summed E-state index contributed by atoms with van der Waals surface area (Å²) in [6, 6.07) is 3.34. The Balaban J connectivity index is 3.08. The number of allylic oxidation sites excluding steroid dienone is 1. The molecule has 0 spiro atoms. The molecule has 3 N–H and O–H groups in total. The van der Waals surface area contributed by atoms with Crippen LogP contribution in [0.1, 0.15) is 5.56 Å². The lowest BCUT2D eigenvalue weighted by atomic mass is 10.1. The summed E-state index contributed by atoms with van der Waals surface area (Å²) in [5.41, 5.74) is 0.0186. The summed E-state index contributed by atoms with van der Waals surface area (Å²) in [6.45, 7) is 0. The van der Waals surface area contributed by atoms with Gasteiger partial charge in [0.25, 0.3) is 3.79 Å². The average Bonchev–Trinajstić information content (AvgIpc) is 2.14. The zero-order chi connectivity index (χ0) is 13.2. The molecule has 0 saturated heterocycles. The highest BCUT2D eigenvalue weighted by Crippen LogP contribution is 2.30. The Labute approximate surface area is 112 Å². The minimum Gasteiger partial charge on any atom is -0.508 e. The van der Waals surface area contributed by atoms with Gasteiger partial charge in [-0.05, 0) is 12.1 Å². The van der Waals surface area contributed by atoms with Gasteiger partial charge in [-0.3, -0.25) is 4.79 Å². The number of carbonyl (C=O) groups is 1. The smallest absolute Gasteiger partial charge is 0.252 e. The molecule has 0 aliphatic heterocycles. The van der Waals surface area contributed by atoms with Gasteiger partial charge >= 0.3 is 0 Å². The molecule has 17 heavy (non-hydrogen) atoms. The monoisotopic (exact) mass is 296 g/mol. The zero-order valence-corrected chi connectivity index (χ0v) is 10.5. The van der Waals surface area contributed by atoms with Gasteiger partial charge in [-0.2, -0.15) is 0 Å². The third-order valence-corrected chi connectivity index (χ3v) is 2.30. The van der Waals surface area contributed by atoms with E-state index in [9.17, 15) is 20.1 Å². The summed E-state index contributed by atoms with van der Waals surface area (Å²) in [5, 5.41) is 27.9. The lowest BCUT2D eigenvalue weighted by Crippen LogP contribution is -2.16. The first-order chi connectivity index (χ1) is 7.70. The fraction of sp³-hybridized carbons (Fsp3) is 0.100. The SMILES string of the molecule is O=C(/C=C(\O)c1cc(O)cc(O)c1)C(Cl)(Cl)Cl. The number of ketones is 1. The Kier molecular flexibility index (Phi) is 4.14. The third kappa shape index (κ3) is 4.00. The molecule has 0 aromatic heterocycles. The lowest BCUT2D eigenvalue weighted by molar-refractivity contribution is -0.113. The largest absolute Gasteiger partial charge is 0.508 e. The number of alkyl halides is 3. The van der Waals surface area contributed by atoms with Gasteiger partial charge < -0.3 is 15.3 Å². The first-order valence-corrected chi connectivity index (χ1v) is 5.39. The van der Waals surface area contributed by atoms with Gasteiger partial charge in [-0.15, -0.1) is 0 Å². The molecule has 0 heterocycles. The number of aliphatic hydroxyl groups excluding tert-OH is 1. The number of aliphatic hydroxyl groups is 1. The molecule has 4 nitrogen and oxygen atoms in total. The van der Waals surface area contributed by atoms with E-state index in [0.29, 0.717) is 6.08 Å². The predicted octanol–water partition coefficient (Wildman–Crippen LogP) is 2.94. The molecule has 0 amide bonds. The van der Waals surface area contributed by atoms with Crippen LogP contribution in [0.15, 0.2) is 24.3 Å². The van der Waals surface area contributed by atoms with Crippen LogP contribution in [0.25, 0.3) is 5.76 Å². The maximum absolute atomic E-state index is 11.3. The standard InChI is InChI=1S/C10H7Cl3O4/c11-10(12,13)9(17)4-8(16)5-1-6(14)3-7(15)2-5/h1-4,14-16H/b8-4-. The first-order valence-electron chi connectivity index (χ1n) is 4.25. The third-order valence-electron chi connectivity index (χ3n) is 1.75. The molecule has 0 unspecified atom stereocenters. The number of rotatable bonds is 2. The van der Waals surface area contributed by atoms with E-state index < -0.39 is 15.3 Å². The average molecular weight is 298 g/mol. The fourth-order valence-electron chi connectivity index (χ4n) is 1.03. The summed E-state index contributed by atoms with van der Waals surface area (Å²) >= 11 is 15.9. The van der Waals surface area contributed by atoms with Crippen LogP contribution in [-0.4, -0.2) is 24.9 Å². The van der Waals surface area contributed by atoms with Crippen molar-refractivity contribution >= 4 is 46.3 Å². The van der Waals surface area contributed by atoms with Crippen molar-refractivity contribution in [3.05, 3.63) is 29.8 Å². The molecule has 0 fully saturated rings. The summed E-state index contributed by atoms with van der Waals surface area (Å²) < 4.78 is -2.17. The Morgan fingerprint density at radius 2 is 1.59 bits per heavy atom. The topological polar surface area (TPSA) is 77.8 Å². The highest BCUT2D eigenvalue weighted by molar-refractivity contribution is 6.77. The van der Waals surface area contributed by atoms with Crippen molar-refractivity contribution in [2.45, 2.75) is 3.79 Å². The maximum atomic E-state index is 11.3. The number of hydrogen-bond donors (Lipinski definition) is 3. The van der Waals surface area contributed by atoms with Crippen molar-refractivity contribution in [1.29, 1.82) is 0 Å². The Morgan fingerprint density at radius 1 is 1.12 bits per heavy atom. The maximum Gasteiger partial charge on any atom is 0.252 e. The number of halogens is 3. The Bertz CT molecular complexity index is 457. The second-order valence-corrected chi connectivity index (χ2v) is 5.41. The molecular formula is C10H7Cl3O4. The first kappa shape index (κ1) is 14.0. The van der Waals surface area contributed by atoms with E-state index in [4.69, 9.17) is 34.8 Å². The predicted molar refractivity (Wildman–Crippen MR) is 65.7 cm³/mol. The Hall–Kier alpha value is -1.10. The summed E-state index contributed by atoms with van der Waals surface area (Å²) in [7, 11) is 0. The minimum atomic E-state index is -2.17. The van der Waals surface area contributed by atoms with E-state index in [1.807, 2.05) is 0 Å². The number of benzene rings is 1. The van der Waals surface area contributed by atoms with Gasteiger partial charge in [0.05, 0.1) is 0 Å². The van der Waals surface area contributed by atoms with E-state index in [2.05, 4.69) is 0 Å². The van der Waals surface area contributed by atoms with Crippen LogP contribution in [0.2, 0.25) is 0 Å². The van der Waals surface area contributed by atoms with E-state index in [1.165, 1.54) is 0 Å². The van der Waals surface area contributed by atoms with Gasteiger partial charge in [0, 0.05) is 17.7 Å². The minimum absolute atomic E-state index is 0.0186. The van der Waals surface area contributed by atoms with Crippen LogP contribution in [0.5, 0.6) is 11.5 Å². The number of phenols is 2. The van der Waals surface area contributed by atoms with E-state index in [1.54, 1.807) is 0 Å². The van der Waals surface area contributed by atoms with Gasteiger partial charge in [0.2, 0.25) is 5.78 Å². The van der Waals surface area contributed by atoms with Crippen molar-refractivity contribution in [2.24, 2.45) is 0 Å². The summed E-state index contributed by atoms with van der Waals surface area (Å²) in [6.07, 6.45) is 0.696. The van der Waals surface area contributed by atoms with E-state index >= 15 is 0 Å². The molecule has 7 heteroatoms. The molecule has 1 rings (SSSR count). The van der Waals surface area contributed by atoms with Gasteiger partial charge in [-0.25, -0.2) is 0 Å². The highest BCUT2D eigenvalue weighted by atomic mass is 35.6. The second kappa shape index (κ2) is 5.04. The van der Waals surface area contributed by atoms with Crippen molar-refractivity contribution in [3.63, 3.8) is 0 Å². The van der Waals surface area contributed by atoms with Crippen LogP contribution in [0, 0.1) is 0 Å². The molecule has 0 aliphatic rings. The normalized spacial score (nSPS) is 12.5. The van der Waals surface area contributed by atoms with Crippen LogP contribution in [0.3, 0.4) is 0 Å². The molecule has 0 saturated carbocycles. The second-order valence-electron chi connectivity index (χ2n) is 3.13. The molecule has 0 radical (unpaired) electrons. The van der Waals surface area contributed by atoms with E-state index in [0.717, 1.165) is 18.2 Å². The van der Waals surface area contributed by atoms with Crippen molar-refractivity contribution in [1.82, 2.24) is 0 Å². The molecule has 0 aliphatic carbocycles. The van der Waals surface area contributed by atoms with Crippen LogP contribution < -0.4 is 0 Å². The molecule has 0 bridgehead atoms. The molecule has 0 atom stereocenters. The van der Waals surface area contributed by atoms with Crippen molar-refractivity contribution in [3.8, 4) is 11.5 Å². The van der Waals surface area contributed by atoms with Crippen LogP contribution in [-0.2, 0) is 4.79 Å². The van der Waals surface area contributed by atoms with Gasteiger partial charge in [0.1, 0.15) is 17.3 Å². The number of hydrogen-bond acceptors (Lipinski definition) is 4. The number of aromatic hydroxyl groups is 2. The Morgan fingerprint density at radius 3 is 2.00 bits per heavy atom. The van der Waals surface area contributed by atoms with Crippen molar-refractivity contribution in [2.75, 3.05) is 0 Å². The van der Waals surface area contributed by atoms with Crippen LogP contribution in [0.4, 0.5) is 0 Å². The number of phenolic OH excluding ortho intramolecular Hbond substituents is 2. The number of carbonyl (C=O) groups excluding carboxylic acids is 1. The highest BCUT2D eigenvalue weighted by Gasteiger charge is 2.29. The zero-order valence-electron chi connectivity index (χ0n) is 8.19.